The third-order valence-corrected chi connectivity index (χ3v) is 7.42. The molecule has 4 aliphatic rings. The fourth-order valence-corrected chi connectivity index (χ4v) is 6.19. The standard InChI is InChI=1S/C25H21N3O4/c26-10-11-31-16-8-6-15(7-9-16)22-21-17-12-18(23(21)32-27-22)20-19(17)24(29)28(25(20)30)13-14-4-2-1-3-5-14/h1-9,17-21,23H,11-13H2/t17-,18+,19+,20-,21+,23+/m1/s1. The number of imide groups is 1. The van der Waals surface area contributed by atoms with E-state index < -0.39 is 0 Å². The number of oxime groups is 1. The van der Waals surface area contributed by atoms with Crippen molar-refractivity contribution in [3.63, 3.8) is 0 Å². The highest BCUT2D eigenvalue weighted by atomic mass is 16.6. The number of hydrogen-bond acceptors (Lipinski definition) is 6. The molecule has 7 nitrogen and oxygen atoms in total. The average Bonchev–Trinajstić information content (AvgIpc) is 3.56. The lowest BCUT2D eigenvalue weighted by molar-refractivity contribution is -0.141. The summed E-state index contributed by atoms with van der Waals surface area (Å²) in [7, 11) is 0. The number of likely N-dealkylation sites (tertiary alicyclic amines) is 1. The Balaban J connectivity index is 1.24. The van der Waals surface area contributed by atoms with Gasteiger partial charge in [0.1, 0.15) is 17.9 Å². The maximum atomic E-state index is 13.3. The van der Waals surface area contributed by atoms with Crippen LogP contribution in [0.15, 0.2) is 59.8 Å². The number of ether oxygens (including phenoxy) is 1. The van der Waals surface area contributed by atoms with E-state index in [-0.39, 0.29) is 54.1 Å². The molecule has 160 valence electrons. The molecule has 2 heterocycles. The molecule has 2 aromatic carbocycles. The lowest BCUT2D eigenvalue weighted by Gasteiger charge is -2.29. The second kappa shape index (κ2) is 7.20. The first kappa shape index (κ1) is 19.1. The van der Waals surface area contributed by atoms with Crippen LogP contribution in [0.25, 0.3) is 0 Å². The van der Waals surface area contributed by atoms with Crippen LogP contribution >= 0.6 is 0 Å². The van der Waals surface area contributed by atoms with Gasteiger partial charge in [-0.15, -0.1) is 0 Å². The van der Waals surface area contributed by atoms with E-state index >= 15 is 0 Å². The number of benzene rings is 2. The third-order valence-electron chi connectivity index (χ3n) is 7.42. The van der Waals surface area contributed by atoms with Gasteiger partial charge in [-0.25, -0.2) is 0 Å². The highest BCUT2D eigenvalue weighted by Gasteiger charge is 2.70. The van der Waals surface area contributed by atoms with Crippen molar-refractivity contribution < 1.29 is 19.2 Å². The summed E-state index contributed by atoms with van der Waals surface area (Å²) >= 11 is 0. The van der Waals surface area contributed by atoms with Crippen molar-refractivity contribution in [2.24, 2.45) is 34.7 Å². The van der Waals surface area contributed by atoms with Gasteiger partial charge in [-0.1, -0.05) is 35.5 Å². The van der Waals surface area contributed by atoms with E-state index in [2.05, 4.69) is 5.16 Å². The molecule has 0 N–H and O–H groups in total. The normalized spacial score (nSPS) is 31.7. The van der Waals surface area contributed by atoms with Crippen LogP contribution in [0.5, 0.6) is 5.75 Å². The lowest BCUT2D eigenvalue weighted by atomic mass is 9.71. The molecule has 6 rings (SSSR count). The zero-order valence-corrected chi connectivity index (χ0v) is 17.3. The lowest BCUT2D eigenvalue weighted by Crippen LogP contribution is -2.41. The van der Waals surface area contributed by atoms with E-state index in [1.54, 1.807) is 0 Å². The fourth-order valence-electron chi connectivity index (χ4n) is 6.19. The maximum absolute atomic E-state index is 13.3. The van der Waals surface area contributed by atoms with Gasteiger partial charge in [0, 0.05) is 17.4 Å². The van der Waals surface area contributed by atoms with Crippen LogP contribution in [0.3, 0.4) is 0 Å². The number of nitriles is 1. The van der Waals surface area contributed by atoms with Gasteiger partial charge in [-0.2, -0.15) is 5.26 Å². The van der Waals surface area contributed by atoms with E-state index in [4.69, 9.17) is 14.8 Å². The fraction of sp³-hybridized carbons (Fsp3) is 0.360. The van der Waals surface area contributed by atoms with Crippen molar-refractivity contribution in [3.8, 4) is 11.8 Å². The number of amides is 2. The zero-order chi connectivity index (χ0) is 21.8. The zero-order valence-electron chi connectivity index (χ0n) is 17.3. The molecule has 2 saturated carbocycles. The predicted octanol–water partition coefficient (Wildman–Crippen LogP) is 2.76. The maximum Gasteiger partial charge on any atom is 0.233 e. The van der Waals surface area contributed by atoms with Crippen molar-refractivity contribution >= 4 is 17.5 Å². The minimum Gasteiger partial charge on any atom is -0.479 e. The highest BCUT2D eigenvalue weighted by Crippen LogP contribution is 2.61. The molecule has 6 atom stereocenters. The van der Waals surface area contributed by atoms with E-state index in [0.717, 1.165) is 23.3 Å². The topological polar surface area (TPSA) is 92.0 Å². The van der Waals surface area contributed by atoms with Gasteiger partial charge < -0.3 is 9.57 Å². The monoisotopic (exact) mass is 427 g/mol. The Morgan fingerprint density at radius 1 is 1.00 bits per heavy atom. The summed E-state index contributed by atoms with van der Waals surface area (Å²) in [5, 5.41) is 13.0. The van der Waals surface area contributed by atoms with Gasteiger partial charge in [-0.05, 0) is 42.2 Å². The Bertz CT molecular complexity index is 1150. The minimum atomic E-state index is -0.297. The molecular formula is C25H21N3O4. The van der Waals surface area contributed by atoms with Crippen LogP contribution in [0, 0.1) is 40.9 Å². The Labute approximate surface area is 185 Å². The van der Waals surface area contributed by atoms with Crippen molar-refractivity contribution in [1.29, 1.82) is 5.26 Å². The molecule has 2 aromatic rings. The number of carbonyl (C=O) groups excluding carboxylic acids is 2. The van der Waals surface area contributed by atoms with E-state index in [1.165, 1.54) is 4.90 Å². The molecular weight excluding hydrogens is 406 g/mol. The van der Waals surface area contributed by atoms with E-state index in [9.17, 15) is 9.59 Å². The summed E-state index contributed by atoms with van der Waals surface area (Å²) in [6, 6.07) is 19.0. The molecule has 3 fully saturated rings. The molecule has 2 aliphatic carbocycles. The Hall–Kier alpha value is -3.66. The smallest absolute Gasteiger partial charge is 0.233 e. The second-order valence-corrected chi connectivity index (χ2v) is 8.91. The number of hydrogen-bond donors (Lipinski definition) is 0. The second-order valence-electron chi connectivity index (χ2n) is 8.91. The van der Waals surface area contributed by atoms with Crippen LogP contribution in [-0.4, -0.2) is 35.1 Å². The van der Waals surface area contributed by atoms with Crippen LogP contribution in [0.4, 0.5) is 0 Å². The third kappa shape index (κ3) is 2.69. The summed E-state index contributed by atoms with van der Waals surface area (Å²) in [6.07, 6.45) is 0.670. The minimum absolute atomic E-state index is 0.00343. The van der Waals surface area contributed by atoms with Crippen LogP contribution in [0.2, 0.25) is 0 Å². The van der Waals surface area contributed by atoms with Crippen LogP contribution in [-0.2, 0) is 21.0 Å². The van der Waals surface area contributed by atoms with Gasteiger partial charge in [0.2, 0.25) is 11.8 Å². The highest BCUT2D eigenvalue weighted by molar-refractivity contribution is 6.08. The van der Waals surface area contributed by atoms with Crippen molar-refractivity contribution in [2.75, 3.05) is 6.61 Å². The largest absolute Gasteiger partial charge is 0.479 e. The molecule has 7 heteroatoms. The Kier molecular flexibility index (Phi) is 4.29. The molecule has 2 aliphatic heterocycles. The van der Waals surface area contributed by atoms with Crippen molar-refractivity contribution in [2.45, 2.75) is 19.1 Å². The summed E-state index contributed by atoms with van der Waals surface area (Å²) < 4.78 is 5.33. The number of fused-ring (bicyclic) bond motifs is 8. The van der Waals surface area contributed by atoms with E-state index in [1.807, 2.05) is 60.7 Å². The molecule has 0 spiro atoms. The van der Waals surface area contributed by atoms with Gasteiger partial charge in [-0.3, -0.25) is 14.5 Å². The molecule has 2 bridgehead atoms. The Morgan fingerprint density at radius 2 is 1.72 bits per heavy atom. The molecule has 1 saturated heterocycles. The predicted molar refractivity (Wildman–Crippen MR) is 113 cm³/mol. The van der Waals surface area contributed by atoms with Gasteiger partial charge in [0.05, 0.1) is 24.1 Å². The van der Waals surface area contributed by atoms with Crippen molar-refractivity contribution in [3.05, 3.63) is 65.7 Å². The SMILES string of the molecule is N#CCOc1ccc(C2=NO[C@H]3[C@H]4C[C@@H]([C@@H]23)[C@@H]2C(=O)N(Cc3ccccc3)C(=O)[C@H]42)cc1. The van der Waals surface area contributed by atoms with Crippen LogP contribution < -0.4 is 4.74 Å². The average molecular weight is 427 g/mol. The quantitative estimate of drug-likeness (QED) is 0.685. The number of nitrogens with zero attached hydrogens (tertiary/aromatic N) is 3. The number of carbonyl (C=O) groups is 2. The number of rotatable bonds is 5. The van der Waals surface area contributed by atoms with Crippen LogP contribution in [0.1, 0.15) is 17.5 Å². The Morgan fingerprint density at radius 3 is 2.44 bits per heavy atom. The first-order chi connectivity index (χ1) is 15.7. The first-order valence-corrected chi connectivity index (χ1v) is 10.9. The summed E-state index contributed by atoms with van der Waals surface area (Å²) in [4.78, 5) is 33.9. The summed E-state index contributed by atoms with van der Waals surface area (Å²) in [6.45, 7) is 0.322. The summed E-state index contributed by atoms with van der Waals surface area (Å²) in [5.41, 5.74) is 2.72. The van der Waals surface area contributed by atoms with Gasteiger partial charge in [0.15, 0.2) is 6.61 Å². The van der Waals surface area contributed by atoms with Gasteiger partial charge in [0.25, 0.3) is 0 Å². The first-order valence-electron chi connectivity index (χ1n) is 10.9. The van der Waals surface area contributed by atoms with Crippen molar-refractivity contribution in [1.82, 2.24) is 4.90 Å². The molecule has 32 heavy (non-hydrogen) atoms. The molecule has 2 amide bonds. The summed E-state index contributed by atoms with van der Waals surface area (Å²) in [5.74, 6) is 0.00580. The van der Waals surface area contributed by atoms with Gasteiger partial charge >= 0.3 is 0 Å². The molecule has 0 radical (unpaired) electrons. The van der Waals surface area contributed by atoms with E-state index in [0.29, 0.717) is 12.3 Å². The molecule has 0 aromatic heterocycles. The molecule has 0 unspecified atom stereocenters.